The van der Waals surface area contributed by atoms with Crippen molar-refractivity contribution in [1.82, 2.24) is 10.2 Å². The first kappa shape index (κ1) is 16.5. The van der Waals surface area contributed by atoms with Crippen LogP contribution in [-0.4, -0.2) is 30.3 Å². The van der Waals surface area contributed by atoms with E-state index in [0.29, 0.717) is 0 Å². The Labute approximate surface area is 138 Å². The van der Waals surface area contributed by atoms with Crippen LogP contribution in [0.3, 0.4) is 0 Å². The van der Waals surface area contributed by atoms with Crippen molar-refractivity contribution in [3.8, 4) is 0 Å². The maximum Gasteiger partial charge on any atom is 0.208 e. The largest absolute Gasteiger partial charge is 0.353 e. The van der Waals surface area contributed by atoms with Crippen LogP contribution in [0.4, 0.5) is 5.13 Å². The van der Waals surface area contributed by atoms with Crippen molar-refractivity contribution in [1.29, 1.82) is 0 Å². The number of rotatable bonds is 6. The predicted octanol–water partition coefficient (Wildman–Crippen LogP) is 3.69. The van der Waals surface area contributed by atoms with Crippen LogP contribution in [0.2, 0.25) is 5.02 Å². The van der Waals surface area contributed by atoms with E-state index in [0.717, 1.165) is 32.2 Å². The van der Waals surface area contributed by atoms with E-state index in [4.69, 9.17) is 17.3 Å². The van der Waals surface area contributed by atoms with Gasteiger partial charge >= 0.3 is 0 Å². The standard InChI is InChI=1S/C14H19ClN4S2/c1-4-10(16)7-9-5-6-12(11(15)8-9)20-14-18-17-13(21-14)19(2)3/h5-6,8,10H,4,7,16H2,1-3H3. The summed E-state index contributed by atoms with van der Waals surface area (Å²) in [5.74, 6) is 0. The van der Waals surface area contributed by atoms with E-state index in [2.05, 4.69) is 23.2 Å². The SMILES string of the molecule is CCC(N)Cc1ccc(Sc2nnc(N(C)C)s2)c(Cl)c1. The fourth-order valence-corrected chi connectivity index (χ4v) is 3.76. The molecule has 0 amide bonds. The summed E-state index contributed by atoms with van der Waals surface area (Å²) in [5.41, 5.74) is 7.15. The second kappa shape index (κ2) is 7.45. The van der Waals surface area contributed by atoms with Gasteiger partial charge in [0.15, 0.2) is 4.34 Å². The summed E-state index contributed by atoms with van der Waals surface area (Å²) in [5, 5.41) is 9.92. The molecule has 0 aliphatic rings. The molecule has 1 aromatic carbocycles. The highest BCUT2D eigenvalue weighted by Gasteiger charge is 2.11. The summed E-state index contributed by atoms with van der Waals surface area (Å²) in [7, 11) is 3.90. The minimum atomic E-state index is 0.186. The second-order valence-electron chi connectivity index (χ2n) is 4.98. The fourth-order valence-electron chi connectivity index (χ4n) is 1.72. The lowest BCUT2D eigenvalue weighted by atomic mass is 10.1. The van der Waals surface area contributed by atoms with Crippen LogP contribution in [0.5, 0.6) is 0 Å². The number of halogens is 1. The molecule has 2 aromatic rings. The Kier molecular flexibility index (Phi) is 5.87. The molecule has 2 N–H and O–H groups in total. The van der Waals surface area contributed by atoms with E-state index >= 15 is 0 Å². The van der Waals surface area contributed by atoms with Crippen LogP contribution in [0, 0.1) is 0 Å². The average Bonchev–Trinajstić information content (AvgIpc) is 2.90. The van der Waals surface area contributed by atoms with Crippen molar-refractivity contribution in [3.63, 3.8) is 0 Å². The quantitative estimate of drug-likeness (QED) is 0.867. The van der Waals surface area contributed by atoms with Gasteiger partial charge in [-0.05, 0) is 30.5 Å². The van der Waals surface area contributed by atoms with E-state index in [1.54, 1.807) is 23.1 Å². The second-order valence-corrected chi connectivity index (χ2v) is 7.64. The zero-order chi connectivity index (χ0) is 15.4. The van der Waals surface area contributed by atoms with Crippen LogP contribution in [-0.2, 0) is 6.42 Å². The summed E-state index contributed by atoms with van der Waals surface area (Å²) in [4.78, 5) is 2.94. The van der Waals surface area contributed by atoms with Gasteiger partial charge in [-0.15, -0.1) is 10.2 Å². The van der Waals surface area contributed by atoms with Crippen molar-refractivity contribution in [2.24, 2.45) is 5.73 Å². The van der Waals surface area contributed by atoms with Gasteiger partial charge in [-0.25, -0.2) is 0 Å². The lowest BCUT2D eigenvalue weighted by molar-refractivity contribution is 0.646. The number of anilines is 1. The normalized spacial score (nSPS) is 12.4. The smallest absolute Gasteiger partial charge is 0.208 e. The number of aromatic nitrogens is 2. The topological polar surface area (TPSA) is 55.0 Å². The predicted molar refractivity (Wildman–Crippen MR) is 91.8 cm³/mol. The molecule has 1 atom stereocenters. The van der Waals surface area contributed by atoms with Gasteiger partial charge in [0.2, 0.25) is 5.13 Å². The molecule has 1 aromatic heterocycles. The highest BCUT2D eigenvalue weighted by molar-refractivity contribution is 8.01. The van der Waals surface area contributed by atoms with Crippen LogP contribution >= 0.6 is 34.7 Å². The van der Waals surface area contributed by atoms with Crippen molar-refractivity contribution >= 4 is 39.8 Å². The van der Waals surface area contributed by atoms with E-state index in [-0.39, 0.29) is 6.04 Å². The zero-order valence-electron chi connectivity index (χ0n) is 12.3. The van der Waals surface area contributed by atoms with E-state index in [1.807, 2.05) is 31.1 Å². The van der Waals surface area contributed by atoms with Crippen molar-refractivity contribution in [2.45, 2.75) is 35.0 Å². The minimum Gasteiger partial charge on any atom is -0.353 e. The molecule has 0 spiro atoms. The third kappa shape index (κ3) is 4.57. The van der Waals surface area contributed by atoms with Crippen molar-refractivity contribution in [3.05, 3.63) is 28.8 Å². The van der Waals surface area contributed by atoms with Crippen LogP contribution in [0.1, 0.15) is 18.9 Å². The fraction of sp³-hybridized carbons (Fsp3) is 0.429. The van der Waals surface area contributed by atoms with Gasteiger partial charge in [-0.1, -0.05) is 47.7 Å². The van der Waals surface area contributed by atoms with E-state index < -0.39 is 0 Å². The molecular formula is C14H19ClN4S2. The van der Waals surface area contributed by atoms with E-state index in [9.17, 15) is 0 Å². The molecular weight excluding hydrogens is 324 g/mol. The zero-order valence-corrected chi connectivity index (χ0v) is 14.7. The summed E-state index contributed by atoms with van der Waals surface area (Å²) in [6.07, 6.45) is 1.82. The number of hydrogen-bond donors (Lipinski definition) is 1. The van der Waals surface area contributed by atoms with Gasteiger partial charge in [0, 0.05) is 25.0 Å². The first-order chi connectivity index (χ1) is 9.99. The Morgan fingerprint density at radius 2 is 2.14 bits per heavy atom. The molecule has 0 fully saturated rings. The lowest BCUT2D eigenvalue weighted by Crippen LogP contribution is -2.21. The number of nitrogens with zero attached hydrogens (tertiary/aromatic N) is 3. The third-order valence-electron chi connectivity index (χ3n) is 2.99. The van der Waals surface area contributed by atoms with Gasteiger partial charge in [0.1, 0.15) is 0 Å². The number of benzene rings is 1. The summed E-state index contributed by atoms with van der Waals surface area (Å²) in [6.45, 7) is 2.09. The van der Waals surface area contributed by atoms with Gasteiger partial charge in [-0.3, -0.25) is 0 Å². The molecule has 21 heavy (non-hydrogen) atoms. The van der Waals surface area contributed by atoms with Crippen LogP contribution in [0.25, 0.3) is 0 Å². The Balaban J connectivity index is 2.09. The first-order valence-electron chi connectivity index (χ1n) is 6.72. The Morgan fingerprint density at radius 1 is 1.38 bits per heavy atom. The molecule has 0 radical (unpaired) electrons. The monoisotopic (exact) mass is 342 g/mol. The molecule has 114 valence electrons. The molecule has 1 heterocycles. The molecule has 0 saturated carbocycles. The van der Waals surface area contributed by atoms with Gasteiger partial charge in [0.25, 0.3) is 0 Å². The third-order valence-corrected chi connectivity index (χ3v) is 5.64. The Morgan fingerprint density at radius 3 is 2.71 bits per heavy atom. The van der Waals surface area contributed by atoms with Crippen molar-refractivity contribution < 1.29 is 0 Å². The molecule has 2 rings (SSSR count). The number of hydrogen-bond acceptors (Lipinski definition) is 6. The minimum absolute atomic E-state index is 0.186. The Bertz CT molecular complexity index is 600. The summed E-state index contributed by atoms with van der Waals surface area (Å²) < 4.78 is 0.888. The molecule has 0 aliphatic heterocycles. The number of nitrogens with two attached hydrogens (primary N) is 1. The maximum atomic E-state index is 6.36. The summed E-state index contributed by atoms with van der Waals surface area (Å²) >= 11 is 9.45. The maximum absolute atomic E-state index is 6.36. The van der Waals surface area contributed by atoms with Gasteiger partial charge in [0.05, 0.1) is 5.02 Å². The van der Waals surface area contributed by atoms with Crippen molar-refractivity contribution in [2.75, 3.05) is 19.0 Å². The highest BCUT2D eigenvalue weighted by Crippen LogP contribution is 2.36. The lowest BCUT2D eigenvalue weighted by Gasteiger charge is -2.10. The van der Waals surface area contributed by atoms with Crippen LogP contribution in [0.15, 0.2) is 27.4 Å². The van der Waals surface area contributed by atoms with Gasteiger partial charge in [-0.2, -0.15) is 0 Å². The molecule has 1 unspecified atom stereocenters. The first-order valence-corrected chi connectivity index (χ1v) is 8.73. The average molecular weight is 343 g/mol. The molecule has 0 aliphatic carbocycles. The highest BCUT2D eigenvalue weighted by atomic mass is 35.5. The van der Waals surface area contributed by atoms with E-state index in [1.165, 1.54) is 5.56 Å². The molecule has 4 nitrogen and oxygen atoms in total. The molecule has 0 bridgehead atoms. The molecule has 0 saturated heterocycles. The van der Waals surface area contributed by atoms with Gasteiger partial charge < -0.3 is 10.6 Å². The molecule has 7 heteroatoms. The van der Waals surface area contributed by atoms with Crippen LogP contribution < -0.4 is 10.6 Å². The Hall–Kier alpha value is -0.820. The summed E-state index contributed by atoms with van der Waals surface area (Å²) in [6, 6.07) is 6.29.